The van der Waals surface area contributed by atoms with Gasteiger partial charge in [0.1, 0.15) is 6.23 Å². The van der Waals surface area contributed by atoms with E-state index in [0.717, 1.165) is 6.07 Å². The SMILES string of the molecule is CC(=O)[C@H](CN)NC(=O)C[C@@H](O)COC(N)[C@H](CN)NCc1ccccc1C(F)(F)F. The summed E-state index contributed by atoms with van der Waals surface area (Å²) in [5.41, 5.74) is 16.2. The summed E-state index contributed by atoms with van der Waals surface area (Å²) in [4.78, 5) is 23.1. The molecule has 0 aliphatic rings. The summed E-state index contributed by atoms with van der Waals surface area (Å²) < 4.78 is 44.6. The van der Waals surface area contributed by atoms with Gasteiger partial charge in [-0.05, 0) is 18.6 Å². The van der Waals surface area contributed by atoms with Crippen LogP contribution in [0.2, 0.25) is 0 Å². The van der Waals surface area contributed by atoms with Crippen molar-refractivity contribution in [3.8, 4) is 0 Å². The molecule has 9 N–H and O–H groups in total. The lowest BCUT2D eigenvalue weighted by Gasteiger charge is -2.25. The maximum Gasteiger partial charge on any atom is 0.416 e. The molecule has 0 saturated heterocycles. The van der Waals surface area contributed by atoms with E-state index in [0.29, 0.717) is 0 Å². The van der Waals surface area contributed by atoms with E-state index >= 15 is 0 Å². The first-order chi connectivity index (χ1) is 14.5. The van der Waals surface area contributed by atoms with Crippen molar-refractivity contribution in [3.05, 3.63) is 35.4 Å². The number of alkyl halides is 3. The topological polar surface area (TPSA) is 166 Å². The molecule has 0 spiro atoms. The molecule has 0 heterocycles. The number of amides is 1. The Morgan fingerprint density at radius 3 is 2.39 bits per heavy atom. The molecule has 0 saturated carbocycles. The first kappa shape index (κ1) is 26.9. The van der Waals surface area contributed by atoms with E-state index in [-0.39, 0.29) is 44.0 Å². The standard InChI is InChI=1S/C19H30F3N5O4/c1-11(28)15(7-23)27-17(30)6-13(29)10-31-18(25)16(8-24)26-9-12-4-2-3-5-14(12)19(20,21)22/h2-5,13,15-16,18,26,29H,6-10,23-25H2,1H3,(H,27,30)/t13-,15+,16+,18?/m1/s1. The minimum absolute atomic E-state index is 0.0253. The van der Waals surface area contributed by atoms with E-state index < -0.39 is 42.1 Å². The lowest BCUT2D eigenvalue weighted by molar-refractivity contribution is -0.138. The Morgan fingerprint density at radius 2 is 1.84 bits per heavy atom. The maximum absolute atomic E-state index is 13.1. The number of nitrogens with one attached hydrogen (secondary N) is 2. The van der Waals surface area contributed by atoms with E-state index in [9.17, 15) is 27.9 Å². The number of rotatable bonds is 13. The number of Topliss-reactive ketones (excluding diaryl/α,β-unsaturated/α-hetero) is 1. The van der Waals surface area contributed by atoms with Gasteiger partial charge in [0.15, 0.2) is 5.78 Å². The van der Waals surface area contributed by atoms with Gasteiger partial charge in [0.25, 0.3) is 0 Å². The minimum Gasteiger partial charge on any atom is -0.390 e. The van der Waals surface area contributed by atoms with Crippen LogP contribution in [0.25, 0.3) is 0 Å². The number of carbonyl (C=O) groups excluding carboxylic acids is 2. The number of hydrogen-bond acceptors (Lipinski definition) is 8. The zero-order valence-electron chi connectivity index (χ0n) is 17.2. The lowest BCUT2D eigenvalue weighted by Crippen LogP contribution is -2.51. The number of hydrogen-bond donors (Lipinski definition) is 6. The number of carbonyl (C=O) groups is 2. The van der Waals surface area contributed by atoms with Crippen LogP contribution in [0.3, 0.4) is 0 Å². The average Bonchev–Trinajstić information content (AvgIpc) is 2.70. The fourth-order valence-electron chi connectivity index (χ4n) is 2.72. The predicted octanol–water partition coefficient (Wildman–Crippen LogP) is -0.793. The van der Waals surface area contributed by atoms with E-state index in [1.54, 1.807) is 0 Å². The number of ketones is 1. The molecule has 4 atom stereocenters. The fourth-order valence-corrected chi connectivity index (χ4v) is 2.72. The third-order valence-electron chi connectivity index (χ3n) is 4.49. The van der Waals surface area contributed by atoms with Gasteiger partial charge in [-0.2, -0.15) is 13.2 Å². The van der Waals surface area contributed by atoms with Gasteiger partial charge in [-0.25, -0.2) is 0 Å². The molecule has 1 rings (SSSR count). The van der Waals surface area contributed by atoms with Crippen molar-refractivity contribution in [2.24, 2.45) is 17.2 Å². The monoisotopic (exact) mass is 449 g/mol. The highest BCUT2D eigenvalue weighted by Gasteiger charge is 2.33. The van der Waals surface area contributed by atoms with Gasteiger partial charge in [-0.1, -0.05) is 18.2 Å². The summed E-state index contributed by atoms with van der Waals surface area (Å²) in [6.45, 7) is 0.705. The third-order valence-corrected chi connectivity index (χ3v) is 4.49. The molecule has 0 bridgehead atoms. The van der Waals surface area contributed by atoms with Crippen LogP contribution in [0.4, 0.5) is 13.2 Å². The smallest absolute Gasteiger partial charge is 0.390 e. The second-order valence-electron chi connectivity index (χ2n) is 7.00. The van der Waals surface area contributed by atoms with Crippen molar-refractivity contribution < 1.29 is 32.6 Å². The molecule has 0 aromatic heterocycles. The summed E-state index contributed by atoms with van der Waals surface area (Å²) in [5.74, 6) is -0.903. The number of nitrogens with two attached hydrogens (primary N) is 3. The van der Waals surface area contributed by atoms with Crippen molar-refractivity contribution in [2.75, 3.05) is 19.7 Å². The Labute approximate surface area is 178 Å². The molecule has 0 aliphatic heterocycles. The van der Waals surface area contributed by atoms with Crippen LogP contribution in [0, 0.1) is 0 Å². The molecule has 1 aromatic rings. The summed E-state index contributed by atoms with van der Waals surface area (Å²) in [5, 5.41) is 15.2. The number of halogens is 3. The highest BCUT2D eigenvalue weighted by atomic mass is 19.4. The van der Waals surface area contributed by atoms with Gasteiger partial charge in [0.2, 0.25) is 5.91 Å². The summed E-state index contributed by atoms with van der Waals surface area (Å²) in [6, 6.07) is 3.56. The molecule has 12 heteroatoms. The number of benzene rings is 1. The Bertz CT molecular complexity index is 720. The van der Waals surface area contributed by atoms with Crippen molar-refractivity contribution >= 4 is 11.7 Å². The zero-order valence-corrected chi connectivity index (χ0v) is 17.2. The number of ether oxygens (including phenoxy) is 1. The zero-order chi connectivity index (χ0) is 23.6. The summed E-state index contributed by atoms with van der Waals surface area (Å²) in [7, 11) is 0. The molecule has 0 aliphatic carbocycles. The predicted molar refractivity (Wildman–Crippen MR) is 107 cm³/mol. The van der Waals surface area contributed by atoms with E-state index in [1.807, 2.05) is 0 Å². The maximum atomic E-state index is 13.1. The number of aliphatic hydroxyl groups excluding tert-OH is 1. The average molecular weight is 449 g/mol. The number of aliphatic hydroxyl groups is 1. The Hall–Kier alpha value is -2.09. The van der Waals surface area contributed by atoms with Crippen molar-refractivity contribution in [1.29, 1.82) is 0 Å². The van der Waals surface area contributed by atoms with Gasteiger partial charge in [-0.3, -0.25) is 9.59 Å². The first-order valence-electron chi connectivity index (χ1n) is 9.63. The first-order valence-corrected chi connectivity index (χ1v) is 9.63. The van der Waals surface area contributed by atoms with Crippen LogP contribution in [0.15, 0.2) is 24.3 Å². The summed E-state index contributed by atoms with van der Waals surface area (Å²) in [6.07, 6.45) is -7.11. The highest BCUT2D eigenvalue weighted by Crippen LogP contribution is 2.31. The van der Waals surface area contributed by atoms with Crippen LogP contribution < -0.4 is 27.8 Å². The van der Waals surface area contributed by atoms with Crippen LogP contribution >= 0.6 is 0 Å². The molecule has 1 unspecified atom stereocenters. The highest BCUT2D eigenvalue weighted by molar-refractivity contribution is 5.87. The van der Waals surface area contributed by atoms with Crippen LogP contribution in [0.1, 0.15) is 24.5 Å². The van der Waals surface area contributed by atoms with Crippen LogP contribution in [-0.2, 0) is 27.0 Å². The van der Waals surface area contributed by atoms with Gasteiger partial charge in [-0.15, -0.1) is 0 Å². The van der Waals surface area contributed by atoms with Crippen LogP contribution in [-0.4, -0.2) is 60.9 Å². The molecule has 1 aromatic carbocycles. The molecule has 0 radical (unpaired) electrons. The molecular formula is C19H30F3N5O4. The molecule has 9 nitrogen and oxygen atoms in total. The fraction of sp³-hybridized carbons (Fsp3) is 0.579. The lowest BCUT2D eigenvalue weighted by atomic mass is 10.1. The van der Waals surface area contributed by atoms with Gasteiger partial charge in [0.05, 0.1) is 36.8 Å². The molecule has 31 heavy (non-hydrogen) atoms. The molecular weight excluding hydrogens is 419 g/mol. The van der Waals surface area contributed by atoms with Gasteiger partial charge >= 0.3 is 6.18 Å². The molecule has 176 valence electrons. The second-order valence-corrected chi connectivity index (χ2v) is 7.00. The van der Waals surface area contributed by atoms with Crippen molar-refractivity contribution in [2.45, 2.75) is 50.5 Å². The minimum atomic E-state index is -4.49. The summed E-state index contributed by atoms with van der Waals surface area (Å²) >= 11 is 0. The van der Waals surface area contributed by atoms with E-state index in [1.165, 1.54) is 25.1 Å². The van der Waals surface area contributed by atoms with E-state index in [2.05, 4.69) is 10.6 Å². The Kier molecular flexibility index (Phi) is 11.0. The molecule has 1 amide bonds. The van der Waals surface area contributed by atoms with Crippen molar-refractivity contribution in [1.82, 2.24) is 10.6 Å². The second kappa shape index (κ2) is 12.7. The third kappa shape index (κ3) is 9.29. The normalized spacial score (nSPS) is 15.7. The van der Waals surface area contributed by atoms with Gasteiger partial charge in [0, 0.05) is 19.6 Å². The van der Waals surface area contributed by atoms with Crippen molar-refractivity contribution in [3.63, 3.8) is 0 Å². The Balaban J connectivity index is 2.54. The quantitative estimate of drug-likeness (QED) is 0.213. The van der Waals surface area contributed by atoms with Gasteiger partial charge < -0.3 is 37.7 Å². The Morgan fingerprint density at radius 1 is 1.19 bits per heavy atom. The largest absolute Gasteiger partial charge is 0.416 e. The van der Waals surface area contributed by atoms with Crippen LogP contribution in [0.5, 0.6) is 0 Å². The van der Waals surface area contributed by atoms with E-state index in [4.69, 9.17) is 21.9 Å². The molecule has 0 fully saturated rings.